The molecule has 0 bridgehead atoms. The lowest BCUT2D eigenvalue weighted by atomic mass is 10.1. The number of carbonyl (C=O) groups excluding carboxylic acids is 1. The number of hydrogen-bond acceptors (Lipinski definition) is 4. The Morgan fingerprint density at radius 2 is 1.74 bits per heavy atom. The molecule has 0 heterocycles. The Balaban J connectivity index is 2.62. The monoisotopic (exact) mass is 322 g/mol. The highest BCUT2D eigenvalue weighted by molar-refractivity contribution is 5.92. The van der Waals surface area contributed by atoms with Gasteiger partial charge in [0, 0.05) is 5.69 Å². The minimum atomic E-state index is -1.18. The molecule has 0 aromatic heterocycles. The van der Waals surface area contributed by atoms with Crippen molar-refractivity contribution in [2.45, 2.75) is 26.2 Å². The molecule has 1 aromatic rings. The van der Waals surface area contributed by atoms with E-state index >= 15 is 0 Å². The van der Waals surface area contributed by atoms with Gasteiger partial charge < -0.3 is 15.5 Å². The molecule has 23 heavy (non-hydrogen) atoms. The summed E-state index contributed by atoms with van der Waals surface area (Å²) in [6.45, 7) is 0.801. The molecule has 0 saturated carbocycles. The number of anilines is 1. The van der Waals surface area contributed by atoms with E-state index < -0.39 is 30.9 Å². The molecule has 0 aliphatic carbocycles. The highest BCUT2D eigenvalue weighted by atomic mass is 16.4. The van der Waals surface area contributed by atoms with Crippen LogP contribution < -0.4 is 5.32 Å². The molecule has 1 rings (SSSR count). The van der Waals surface area contributed by atoms with E-state index in [4.69, 9.17) is 10.2 Å². The number of unbranched alkanes of at least 4 members (excludes halogenated alkanes) is 1. The number of aliphatic carboxylic acids is 2. The number of nitrogens with one attached hydrogen (secondary N) is 1. The van der Waals surface area contributed by atoms with E-state index in [2.05, 4.69) is 12.2 Å². The van der Waals surface area contributed by atoms with Gasteiger partial charge in [0.15, 0.2) is 0 Å². The zero-order valence-corrected chi connectivity index (χ0v) is 13.1. The van der Waals surface area contributed by atoms with Crippen molar-refractivity contribution in [1.82, 2.24) is 4.90 Å². The molecule has 1 amide bonds. The first-order valence-corrected chi connectivity index (χ1v) is 7.45. The van der Waals surface area contributed by atoms with Gasteiger partial charge in [-0.1, -0.05) is 25.5 Å². The van der Waals surface area contributed by atoms with Gasteiger partial charge in [-0.05, 0) is 30.5 Å². The molecular weight excluding hydrogens is 300 g/mol. The number of carboxylic acid groups (broad SMARTS) is 2. The smallest absolute Gasteiger partial charge is 0.317 e. The van der Waals surface area contributed by atoms with Crippen LogP contribution in [0, 0.1) is 0 Å². The molecule has 0 aliphatic rings. The third kappa shape index (κ3) is 7.96. The van der Waals surface area contributed by atoms with Crippen LogP contribution in [0.5, 0.6) is 0 Å². The van der Waals surface area contributed by atoms with Crippen LogP contribution in [-0.2, 0) is 20.8 Å². The molecular formula is C16H22N2O5. The molecule has 0 spiro atoms. The van der Waals surface area contributed by atoms with Crippen molar-refractivity contribution >= 4 is 23.5 Å². The van der Waals surface area contributed by atoms with Gasteiger partial charge in [0.2, 0.25) is 5.91 Å². The Bertz CT molecular complexity index is 543. The van der Waals surface area contributed by atoms with Crippen molar-refractivity contribution in [3.05, 3.63) is 29.8 Å². The second-order valence-electron chi connectivity index (χ2n) is 5.28. The number of carbonyl (C=O) groups is 3. The molecule has 0 radical (unpaired) electrons. The van der Waals surface area contributed by atoms with Crippen molar-refractivity contribution in [2.24, 2.45) is 0 Å². The molecule has 0 aliphatic heterocycles. The van der Waals surface area contributed by atoms with Gasteiger partial charge in [-0.2, -0.15) is 0 Å². The van der Waals surface area contributed by atoms with E-state index in [0.717, 1.165) is 29.7 Å². The average Bonchev–Trinajstić information content (AvgIpc) is 2.43. The van der Waals surface area contributed by atoms with Gasteiger partial charge in [0.25, 0.3) is 0 Å². The van der Waals surface area contributed by atoms with Crippen LogP contribution in [-0.4, -0.2) is 52.6 Å². The Morgan fingerprint density at radius 3 is 2.30 bits per heavy atom. The Hall–Kier alpha value is -2.41. The molecule has 126 valence electrons. The summed E-state index contributed by atoms with van der Waals surface area (Å²) in [6.07, 6.45) is 3.06. The largest absolute Gasteiger partial charge is 0.480 e. The summed E-state index contributed by atoms with van der Waals surface area (Å²) < 4.78 is 0. The number of aryl methyl sites for hydroxylation is 1. The fourth-order valence-electron chi connectivity index (χ4n) is 2.14. The van der Waals surface area contributed by atoms with Gasteiger partial charge in [0.1, 0.15) is 0 Å². The van der Waals surface area contributed by atoms with Gasteiger partial charge >= 0.3 is 11.9 Å². The second kappa shape index (κ2) is 9.58. The van der Waals surface area contributed by atoms with Crippen LogP contribution in [0.4, 0.5) is 5.69 Å². The van der Waals surface area contributed by atoms with Crippen molar-refractivity contribution in [3.63, 3.8) is 0 Å². The number of hydrogen-bond donors (Lipinski definition) is 3. The fraction of sp³-hybridized carbons (Fsp3) is 0.438. The standard InChI is InChI=1S/C16H22N2O5/c1-2-3-5-12-6-4-7-13(8-12)17-14(19)9-18(10-15(20)21)11-16(22)23/h4,6-8H,2-3,5,9-11H2,1H3,(H,17,19)(H,20,21)(H,22,23). The van der Waals surface area contributed by atoms with E-state index in [1.807, 2.05) is 18.2 Å². The zero-order chi connectivity index (χ0) is 17.2. The van der Waals surface area contributed by atoms with Crippen molar-refractivity contribution < 1.29 is 24.6 Å². The van der Waals surface area contributed by atoms with Crippen LogP contribution in [0.15, 0.2) is 24.3 Å². The maximum absolute atomic E-state index is 12.0. The van der Waals surface area contributed by atoms with Crippen LogP contribution in [0.25, 0.3) is 0 Å². The quantitative estimate of drug-likeness (QED) is 0.602. The third-order valence-electron chi connectivity index (χ3n) is 3.11. The van der Waals surface area contributed by atoms with Crippen LogP contribution >= 0.6 is 0 Å². The average molecular weight is 322 g/mol. The van der Waals surface area contributed by atoms with Crippen LogP contribution in [0.3, 0.4) is 0 Å². The molecule has 0 fully saturated rings. The SMILES string of the molecule is CCCCc1cccc(NC(=O)CN(CC(=O)O)CC(=O)O)c1. The highest BCUT2D eigenvalue weighted by Gasteiger charge is 2.17. The predicted molar refractivity (Wildman–Crippen MR) is 85.4 cm³/mol. The number of carboxylic acids is 2. The minimum absolute atomic E-state index is 0.294. The van der Waals surface area contributed by atoms with E-state index in [0.29, 0.717) is 5.69 Å². The molecule has 3 N–H and O–H groups in total. The molecule has 0 unspecified atom stereocenters. The molecule has 7 heteroatoms. The fourth-order valence-corrected chi connectivity index (χ4v) is 2.14. The highest BCUT2D eigenvalue weighted by Crippen LogP contribution is 2.13. The number of amides is 1. The number of rotatable bonds is 10. The van der Waals surface area contributed by atoms with E-state index in [9.17, 15) is 14.4 Å². The number of nitrogens with zero attached hydrogens (tertiary/aromatic N) is 1. The lowest BCUT2D eigenvalue weighted by Gasteiger charge is -2.17. The van der Waals surface area contributed by atoms with Crippen molar-refractivity contribution in [2.75, 3.05) is 25.0 Å². The first-order chi connectivity index (χ1) is 10.9. The summed E-state index contributed by atoms with van der Waals surface area (Å²) >= 11 is 0. The summed E-state index contributed by atoms with van der Waals surface area (Å²) in [7, 11) is 0. The van der Waals surface area contributed by atoms with Gasteiger partial charge in [-0.3, -0.25) is 19.3 Å². The maximum atomic E-state index is 12.0. The minimum Gasteiger partial charge on any atom is -0.480 e. The van der Waals surface area contributed by atoms with Crippen LogP contribution in [0.2, 0.25) is 0 Å². The normalized spacial score (nSPS) is 10.5. The summed E-state index contributed by atoms with van der Waals surface area (Å²) in [6, 6.07) is 7.43. The second-order valence-corrected chi connectivity index (χ2v) is 5.28. The van der Waals surface area contributed by atoms with Crippen molar-refractivity contribution in [3.8, 4) is 0 Å². The lowest BCUT2D eigenvalue weighted by Crippen LogP contribution is -2.40. The summed E-state index contributed by atoms with van der Waals surface area (Å²) in [5.74, 6) is -2.80. The molecule has 0 atom stereocenters. The first kappa shape index (κ1) is 18.6. The Morgan fingerprint density at radius 1 is 1.09 bits per heavy atom. The Kier molecular flexibility index (Phi) is 7.76. The van der Waals surface area contributed by atoms with E-state index in [-0.39, 0.29) is 6.54 Å². The molecule has 7 nitrogen and oxygen atoms in total. The Labute approximate surface area is 134 Å². The van der Waals surface area contributed by atoms with E-state index in [1.165, 1.54) is 0 Å². The van der Waals surface area contributed by atoms with Gasteiger partial charge in [-0.15, -0.1) is 0 Å². The lowest BCUT2D eigenvalue weighted by molar-refractivity contribution is -0.142. The van der Waals surface area contributed by atoms with Crippen LogP contribution in [0.1, 0.15) is 25.3 Å². The molecule has 0 saturated heterocycles. The maximum Gasteiger partial charge on any atom is 0.317 e. The molecule has 1 aromatic carbocycles. The summed E-state index contributed by atoms with van der Waals surface area (Å²) in [5.41, 5.74) is 1.73. The first-order valence-electron chi connectivity index (χ1n) is 7.45. The zero-order valence-electron chi connectivity index (χ0n) is 13.1. The topological polar surface area (TPSA) is 107 Å². The van der Waals surface area contributed by atoms with E-state index in [1.54, 1.807) is 6.07 Å². The summed E-state index contributed by atoms with van der Waals surface area (Å²) in [5, 5.41) is 20.2. The van der Waals surface area contributed by atoms with Gasteiger partial charge in [0.05, 0.1) is 19.6 Å². The third-order valence-corrected chi connectivity index (χ3v) is 3.11. The van der Waals surface area contributed by atoms with Gasteiger partial charge in [-0.25, -0.2) is 0 Å². The summed E-state index contributed by atoms with van der Waals surface area (Å²) in [4.78, 5) is 34.4. The van der Waals surface area contributed by atoms with Crippen molar-refractivity contribution in [1.29, 1.82) is 0 Å². The predicted octanol–water partition coefficient (Wildman–Crippen LogP) is 1.44. The number of benzene rings is 1.